The number of ether oxygens (including phenoxy) is 1. The van der Waals surface area contributed by atoms with Gasteiger partial charge in [0.15, 0.2) is 5.13 Å². The number of nitrogens with zero attached hydrogens (tertiary/aromatic N) is 2. The van der Waals surface area contributed by atoms with Crippen molar-refractivity contribution in [1.82, 2.24) is 9.55 Å². The van der Waals surface area contributed by atoms with Crippen molar-refractivity contribution in [1.29, 1.82) is 0 Å². The van der Waals surface area contributed by atoms with Crippen molar-refractivity contribution in [2.45, 2.75) is 39.3 Å². The fourth-order valence-corrected chi connectivity index (χ4v) is 3.32. The van der Waals surface area contributed by atoms with Crippen LogP contribution < -0.4 is 10.9 Å². The number of nitrogens with one attached hydrogen (secondary N) is 1. The molecule has 1 saturated heterocycles. The van der Waals surface area contributed by atoms with Crippen LogP contribution >= 0.6 is 11.3 Å². The molecule has 23 heavy (non-hydrogen) atoms. The Labute approximate surface area is 138 Å². The molecule has 0 bridgehead atoms. The number of hydrogen-bond donors (Lipinski definition) is 1. The molecule has 1 N–H and O–H groups in total. The van der Waals surface area contributed by atoms with Crippen LogP contribution in [0.4, 0.5) is 5.13 Å². The number of pyridine rings is 1. The molecule has 6 nitrogen and oxygen atoms in total. The molecular formula is C16H19N3O3S. The summed E-state index contributed by atoms with van der Waals surface area (Å²) in [6.45, 7) is 4.90. The lowest BCUT2D eigenvalue weighted by atomic mass is 10.1. The maximum Gasteiger partial charge on any atom is 0.263 e. The van der Waals surface area contributed by atoms with E-state index in [2.05, 4.69) is 10.3 Å². The largest absolute Gasteiger partial charge is 0.376 e. The molecule has 0 radical (unpaired) electrons. The summed E-state index contributed by atoms with van der Waals surface area (Å²) in [4.78, 5) is 30.2. The van der Waals surface area contributed by atoms with Gasteiger partial charge in [-0.2, -0.15) is 0 Å². The van der Waals surface area contributed by atoms with Crippen LogP contribution in [0.2, 0.25) is 0 Å². The topological polar surface area (TPSA) is 73.2 Å². The van der Waals surface area contributed by atoms with E-state index in [1.54, 1.807) is 30.0 Å². The molecule has 2 aromatic rings. The first-order valence-electron chi connectivity index (χ1n) is 7.60. The Morgan fingerprint density at radius 1 is 1.52 bits per heavy atom. The van der Waals surface area contributed by atoms with Crippen LogP contribution in [0.3, 0.4) is 0 Å². The maximum atomic E-state index is 12.6. The monoisotopic (exact) mass is 333 g/mol. The molecule has 0 saturated carbocycles. The van der Waals surface area contributed by atoms with Crippen molar-refractivity contribution < 1.29 is 9.53 Å². The second-order valence-electron chi connectivity index (χ2n) is 5.70. The molecule has 0 aromatic carbocycles. The summed E-state index contributed by atoms with van der Waals surface area (Å²) in [6, 6.07) is 1.79. The number of aryl methyl sites for hydroxylation is 2. The Balaban J connectivity index is 1.85. The number of carbonyl (C=O) groups excluding carboxylic acids is 1. The van der Waals surface area contributed by atoms with Crippen LogP contribution in [0, 0.1) is 13.8 Å². The first-order chi connectivity index (χ1) is 11.0. The van der Waals surface area contributed by atoms with Crippen LogP contribution in [-0.2, 0) is 11.3 Å². The fourth-order valence-electron chi connectivity index (χ4n) is 2.66. The zero-order valence-electron chi connectivity index (χ0n) is 13.2. The van der Waals surface area contributed by atoms with Gasteiger partial charge in [-0.1, -0.05) is 0 Å². The molecule has 7 heteroatoms. The summed E-state index contributed by atoms with van der Waals surface area (Å²) in [5, 5.41) is 3.21. The van der Waals surface area contributed by atoms with Crippen molar-refractivity contribution in [3.63, 3.8) is 0 Å². The zero-order valence-corrected chi connectivity index (χ0v) is 14.0. The van der Waals surface area contributed by atoms with Gasteiger partial charge in [0.2, 0.25) is 0 Å². The molecule has 1 aliphatic rings. The van der Waals surface area contributed by atoms with Gasteiger partial charge in [0.1, 0.15) is 5.56 Å². The number of anilines is 1. The SMILES string of the molecule is Cc1cnc(NC(=O)c2c(C)ccn(CC3CCCO3)c2=O)s1. The van der Waals surface area contributed by atoms with E-state index >= 15 is 0 Å². The van der Waals surface area contributed by atoms with Crippen LogP contribution in [0.15, 0.2) is 23.3 Å². The first kappa shape index (κ1) is 15.9. The number of rotatable bonds is 4. The Bertz CT molecular complexity index is 775. The van der Waals surface area contributed by atoms with Gasteiger partial charge in [0.25, 0.3) is 11.5 Å². The molecule has 2 aromatic heterocycles. The summed E-state index contributed by atoms with van der Waals surface area (Å²) in [7, 11) is 0. The minimum Gasteiger partial charge on any atom is -0.376 e. The van der Waals surface area contributed by atoms with Gasteiger partial charge in [-0.25, -0.2) is 4.98 Å². The summed E-state index contributed by atoms with van der Waals surface area (Å²) >= 11 is 1.38. The minimum absolute atomic E-state index is 0.0490. The normalized spacial score (nSPS) is 17.4. The molecule has 1 aliphatic heterocycles. The van der Waals surface area contributed by atoms with Gasteiger partial charge in [-0.15, -0.1) is 11.3 Å². The summed E-state index contributed by atoms with van der Waals surface area (Å²) in [5.41, 5.74) is 0.536. The third kappa shape index (κ3) is 3.51. The summed E-state index contributed by atoms with van der Waals surface area (Å²) in [6.07, 6.45) is 5.42. The van der Waals surface area contributed by atoms with E-state index in [0.29, 0.717) is 17.2 Å². The molecule has 1 amide bonds. The Morgan fingerprint density at radius 2 is 2.35 bits per heavy atom. The van der Waals surface area contributed by atoms with E-state index in [9.17, 15) is 9.59 Å². The summed E-state index contributed by atoms with van der Waals surface area (Å²) in [5.74, 6) is -0.413. The number of carbonyl (C=O) groups is 1. The quantitative estimate of drug-likeness (QED) is 0.932. The van der Waals surface area contributed by atoms with Gasteiger partial charge < -0.3 is 9.30 Å². The van der Waals surface area contributed by atoms with E-state index in [1.165, 1.54) is 11.3 Å². The molecule has 3 rings (SSSR count). The van der Waals surface area contributed by atoms with Gasteiger partial charge in [0.05, 0.1) is 12.6 Å². The van der Waals surface area contributed by atoms with E-state index < -0.39 is 5.91 Å². The lowest BCUT2D eigenvalue weighted by Crippen LogP contribution is -2.32. The highest BCUT2D eigenvalue weighted by Crippen LogP contribution is 2.18. The van der Waals surface area contributed by atoms with Gasteiger partial charge in [-0.05, 0) is 38.3 Å². The average Bonchev–Trinajstić information content (AvgIpc) is 3.14. The lowest BCUT2D eigenvalue weighted by molar-refractivity contribution is 0.0952. The number of aromatic nitrogens is 2. The van der Waals surface area contributed by atoms with Crippen molar-refractivity contribution >= 4 is 22.4 Å². The predicted octanol–water partition coefficient (Wildman–Crippen LogP) is 2.35. The Kier molecular flexibility index (Phi) is 4.58. The molecule has 0 aliphatic carbocycles. The van der Waals surface area contributed by atoms with Gasteiger partial charge in [0, 0.05) is 23.9 Å². The van der Waals surface area contributed by atoms with Crippen LogP contribution in [0.1, 0.15) is 33.6 Å². The van der Waals surface area contributed by atoms with Crippen molar-refractivity contribution in [2.75, 3.05) is 11.9 Å². The summed E-state index contributed by atoms with van der Waals surface area (Å²) < 4.78 is 7.13. The van der Waals surface area contributed by atoms with E-state index in [1.807, 2.05) is 6.92 Å². The second-order valence-corrected chi connectivity index (χ2v) is 6.93. The number of hydrogen-bond acceptors (Lipinski definition) is 5. The third-order valence-corrected chi connectivity index (χ3v) is 4.69. The molecule has 1 fully saturated rings. The highest BCUT2D eigenvalue weighted by Gasteiger charge is 2.20. The maximum absolute atomic E-state index is 12.6. The van der Waals surface area contributed by atoms with Gasteiger partial charge >= 0.3 is 0 Å². The highest BCUT2D eigenvalue weighted by atomic mass is 32.1. The van der Waals surface area contributed by atoms with Crippen molar-refractivity contribution in [3.05, 3.63) is 44.8 Å². The van der Waals surface area contributed by atoms with Crippen LogP contribution in [-0.4, -0.2) is 28.2 Å². The highest BCUT2D eigenvalue weighted by molar-refractivity contribution is 7.15. The Hall–Kier alpha value is -1.99. The van der Waals surface area contributed by atoms with Crippen molar-refractivity contribution in [3.8, 4) is 0 Å². The zero-order chi connectivity index (χ0) is 16.4. The predicted molar refractivity (Wildman–Crippen MR) is 89.2 cm³/mol. The van der Waals surface area contributed by atoms with Crippen molar-refractivity contribution in [2.24, 2.45) is 0 Å². The smallest absolute Gasteiger partial charge is 0.263 e. The Morgan fingerprint density at radius 3 is 3.00 bits per heavy atom. The number of amides is 1. The fraction of sp³-hybridized carbons (Fsp3) is 0.438. The molecule has 1 atom stereocenters. The van der Waals surface area contributed by atoms with E-state index in [-0.39, 0.29) is 17.2 Å². The standard InChI is InChI=1S/C16H19N3O3S/c1-10-5-6-19(9-12-4-3-7-22-12)15(21)13(10)14(20)18-16-17-8-11(2)23-16/h5-6,8,12H,3-4,7,9H2,1-2H3,(H,17,18,20). The minimum atomic E-state index is -0.413. The number of thiazole rings is 1. The molecule has 1 unspecified atom stereocenters. The van der Waals surface area contributed by atoms with Crippen LogP contribution in [0.5, 0.6) is 0 Å². The molecule has 0 spiro atoms. The molecule has 122 valence electrons. The van der Waals surface area contributed by atoms with Crippen LogP contribution in [0.25, 0.3) is 0 Å². The molecule has 3 heterocycles. The third-order valence-electron chi connectivity index (χ3n) is 3.87. The molecular weight excluding hydrogens is 314 g/mol. The second kappa shape index (κ2) is 6.64. The van der Waals surface area contributed by atoms with Gasteiger partial charge in [-0.3, -0.25) is 14.9 Å². The lowest BCUT2D eigenvalue weighted by Gasteiger charge is -2.14. The average molecular weight is 333 g/mol. The van der Waals surface area contributed by atoms with E-state index in [4.69, 9.17) is 4.74 Å². The first-order valence-corrected chi connectivity index (χ1v) is 8.41. The van der Waals surface area contributed by atoms with E-state index in [0.717, 1.165) is 24.3 Å².